The van der Waals surface area contributed by atoms with E-state index in [2.05, 4.69) is 21.9 Å². The van der Waals surface area contributed by atoms with Crippen molar-refractivity contribution in [3.63, 3.8) is 0 Å². The highest BCUT2D eigenvalue weighted by Crippen LogP contribution is 2.30. The smallest absolute Gasteiger partial charge is 0.223 e. The third-order valence-corrected chi connectivity index (χ3v) is 6.83. The van der Waals surface area contributed by atoms with Gasteiger partial charge in [-0.1, -0.05) is 24.3 Å². The van der Waals surface area contributed by atoms with Gasteiger partial charge < -0.3 is 29.1 Å². The van der Waals surface area contributed by atoms with E-state index in [-0.39, 0.29) is 24.7 Å². The molecule has 0 saturated carbocycles. The number of anilines is 2. The predicted molar refractivity (Wildman–Crippen MR) is 142 cm³/mol. The molecular weight excluding hydrogens is 456 g/mol. The van der Waals surface area contributed by atoms with Crippen LogP contribution in [0, 0.1) is 0 Å². The molecule has 0 radical (unpaired) electrons. The molecule has 0 unspecified atom stereocenters. The number of hydrogen-bond acceptors (Lipinski definition) is 6. The summed E-state index contributed by atoms with van der Waals surface area (Å²) in [5.41, 5.74) is 2.15. The van der Waals surface area contributed by atoms with Crippen LogP contribution in [0.25, 0.3) is 0 Å². The lowest BCUT2D eigenvalue weighted by Gasteiger charge is -2.37. The molecule has 0 aromatic heterocycles. The number of carbonyl (C=O) groups excluding carboxylic acids is 2. The summed E-state index contributed by atoms with van der Waals surface area (Å²) in [7, 11) is 0. The third-order valence-electron chi connectivity index (χ3n) is 6.83. The second kappa shape index (κ2) is 12.5. The first-order valence-corrected chi connectivity index (χ1v) is 13.1. The fraction of sp³-hybridized carbons (Fsp3) is 0.500. The lowest BCUT2D eigenvalue weighted by Crippen LogP contribution is -2.50. The number of rotatable bonds is 9. The topological polar surface area (TPSA) is 65.6 Å². The van der Waals surface area contributed by atoms with Crippen molar-refractivity contribution in [3.8, 4) is 11.5 Å². The van der Waals surface area contributed by atoms with Crippen LogP contribution in [-0.2, 0) is 9.59 Å². The van der Waals surface area contributed by atoms with Gasteiger partial charge in [0.2, 0.25) is 11.8 Å². The SMILES string of the molecule is CCOc1ccccc1N1CCN(C(=O)CCC(=O)N2CCN(c3ccccc3OCC)CC2)CC1. The molecule has 2 aromatic carbocycles. The summed E-state index contributed by atoms with van der Waals surface area (Å²) in [5, 5.41) is 0. The van der Waals surface area contributed by atoms with Crippen LogP contribution in [0.2, 0.25) is 0 Å². The summed E-state index contributed by atoms with van der Waals surface area (Å²) >= 11 is 0. The van der Waals surface area contributed by atoms with Crippen LogP contribution in [0.15, 0.2) is 48.5 Å². The molecule has 4 rings (SSSR count). The Kier molecular flexibility index (Phi) is 8.92. The van der Waals surface area contributed by atoms with Crippen LogP contribution in [0.4, 0.5) is 11.4 Å². The van der Waals surface area contributed by atoms with Gasteiger partial charge >= 0.3 is 0 Å². The lowest BCUT2D eigenvalue weighted by atomic mass is 10.2. The lowest BCUT2D eigenvalue weighted by molar-refractivity contribution is -0.137. The highest BCUT2D eigenvalue weighted by atomic mass is 16.5. The van der Waals surface area contributed by atoms with E-state index in [1.165, 1.54) is 0 Å². The first-order chi connectivity index (χ1) is 17.6. The maximum atomic E-state index is 12.8. The van der Waals surface area contributed by atoms with Gasteiger partial charge in [0.15, 0.2) is 0 Å². The Bertz CT molecular complexity index is 933. The number of benzene rings is 2. The molecule has 2 aromatic rings. The molecule has 0 N–H and O–H groups in total. The monoisotopic (exact) mass is 494 g/mol. The molecule has 2 aliphatic rings. The van der Waals surface area contributed by atoms with Crippen LogP contribution in [0.3, 0.4) is 0 Å². The van der Waals surface area contributed by atoms with Crippen molar-refractivity contribution < 1.29 is 19.1 Å². The Morgan fingerprint density at radius 3 is 1.33 bits per heavy atom. The van der Waals surface area contributed by atoms with Gasteiger partial charge in [-0.05, 0) is 38.1 Å². The minimum Gasteiger partial charge on any atom is -0.492 e. The van der Waals surface area contributed by atoms with Crippen molar-refractivity contribution in [1.82, 2.24) is 9.80 Å². The normalized spacial score (nSPS) is 16.2. The summed E-state index contributed by atoms with van der Waals surface area (Å²) in [6.45, 7) is 10.9. The number of hydrogen-bond donors (Lipinski definition) is 0. The van der Waals surface area contributed by atoms with Crippen LogP contribution >= 0.6 is 0 Å². The van der Waals surface area contributed by atoms with Gasteiger partial charge in [-0.3, -0.25) is 9.59 Å². The van der Waals surface area contributed by atoms with Crippen molar-refractivity contribution in [3.05, 3.63) is 48.5 Å². The van der Waals surface area contributed by atoms with Crippen molar-refractivity contribution in [2.45, 2.75) is 26.7 Å². The van der Waals surface area contributed by atoms with Crippen LogP contribution in [0.5, 0.6) is 11.5 Å². The third kappa shape index (κ3) is 6.22. The summed E-state index contributed by atoms with van der Waals surface area (Å²) < 4.78 is 11.5. The van der Waals surface area contributed by atoms with E-state index in [0.29, 0.717) is 39.4 Å². The van der Waals surface area contributed by atoms with E-state index < -0.39 is 0 Å². The Balaban J connectivity index is 1.21. The fourth-order valence-corrected chi connectivity index (χ4v) is 4.92. The maximum absolute atomic E-state index is 12.8. The molecule has 0 spiro atoms. The fourth-order valence-electron chi connectivity index (χ4n) is 4.92. The van der Waals surface area contributed by atoms with Crippen LogP contribution in [0.1, 0.15) is 26.7 Å². The van der Waals surface area contributed by atoms with Crippen molar-refractivity contribution >= 4 is 23.2 Å². The molecule has 8 nitrogen and oxygen atoms in total. The van der Waals surface area contributed by atoms with Gasteiger partial charge in [0.25, 0.3) is 0 Å². The number of amides is 2. The molecule has 2 saturated heterocycles. The molecule has 0 bridgehead atoms. The van der Waals surface area contributed by atoms with Crippen molar-refractivity contribution in [1.29, 1.82) is 0 Å². The van der Waals surface area contributed by atoms with E-state index in [1.54, 1.807) is 0 Å². The number of para-hydroxylation sites is 4. The number of ether oxygens (including phenoxy) is 2. The minimum absolute atomic E-state index is 0.0605. The zero-order valence-electron chi connectivity index (χ0n) is 21.5. The molecule has 36 heavy (non-hydrogen) atoms. The van der Waals surface area contributed by atoms with E-state index in [0.717, 1.165) is 49.1 Å². The van der Waals surface area contributed by atoms with Gasteiger partial charge in [0.1, 0.15) is 11.5 Å². The Hall–Kier alpha value is -3.42. The standard InChI is InChI=1S/C28H38N4O4/c1-3-35-25-11-7-5-9-23(25)29-15-19-31(20-16-29)27(33)13-14-28(34)32-21-17-30(18-22-32)24-10-6-8-12-26(24)36-4-2/h5-12H,3-4,13-22H2,1-2H3. The summed E-state index contributed by atoms with van der Waals surface area (Å²) in [6.07, 6.45) is 0.531. The summed E-state index contributed by atoms with van der Waals surface area (Å²) in [6, 6.07) is 16.1. The summed E-state index contributed by atoms with van der Waals surface area (Å²) in [4.78, 5) is 34.0. The minimum atomic E-state index is 0.0605. The number of carbonyl (C=O) groups is 2. The average molecular weight is 495 g/mol. The van der Waals surface area contributed by atoms with E-state index in [1.807, 2.05) is 60.0 Å². The van der Waals surface area contributed by atoms with E-state index in [4.69, 9.17) is 9.47 Å². The Labute approximate surface area is 214 Å². The van der Waals surface area contributed by atoms with Crippen molar-refractivity contribution in [2.24, 2.45) is 0 Å². The summed E-state index contributed by atoms with van der Waals surface area (Å²) in [5.74, 6) is 1.88. The van der Waals surface area contributed by atoms with Gasteiger partial charge in [-0.25, -0.2) is 0 Å². The first kappa shape index (κ1) is 25.7. The quantitative estimate of drug-likeness (QED) is 0.533. The number of piperazine rings is 2. The van der Waals surface area contributed by atoms with Gasteiger partial charge in [0, 0.05) is 65.2 Å². The molecule has 0 aliphatic carbocycles. The van der Waals surface area contributed by atoms with Crippen molar-refractivity contribution in [2.75, 3.05) is 75.4 Å². The van der Waals surface area contributed by atoms with Crippen LogP contribution < -0.4 is 19.3 Å². The Morgan fingerprint density at radius 2 is 0.972 bits per heavy atom. The second-order valence-corrected chi connectivity index (χ2v) is 9.04. The second-order valence-electron chi connectivity index (χ2n) is 9.04. The molecule has 194 valence electrons. The Morgan fingerprint density at radius 1 is 0.611 bits per heavy atom. The molecule has 2 heterocycles. The van der Waals surface area contributed by atoms with Gasteiger partial charge in [-0.2, -0.15) is 0 Å². The molecule has 8 heteroatoms. The molecule has 2 fully saturated rings. The molecule has 2 aliphatic heterocycles. The highest BCUT2D eigenvalue weighted by Gasteiger charge is 2.26. The van der Waals surface area contributed by atoms with Gasteiger partial charge in [-0.15, -0.1) is 0 Å². The van der Waals surface area contributed by atoms with E-state index in [9.17, 15) is 9.59 Å². The average Bonchev–Trinajstić information content (AvgIpc) is 2.93. The predicted octanol–water partition coefficient (Wildman–Crippen LogP) is 3.26. The molecule has 0 atom stereocenters. The van der Waals surface area contributed by atoms with E-state index >= 15 is 0 Å². The number of nitrogens with zero attached hydrogens (tertiary/aromatic N) is 4. The molecular formula is C28H38N4O4. The zero-order valence-corrected chi connectivity index (χ0v) is 21.5. The largest absolute Gasteiger partial charge is 0.492 e. The first-order valence-electron chi connectivity index (χ1n) is 13.1. The van der Waals surface area contributed by atoms with Crippen LogP contribution in [-0.4, -0.2) is 87.2 Å². The van der Waals surface area contributed by atoms with Gasteiger partial charge in [0.05, 0.1) is 24.6 Å². The maximum Gasteiger partial charge on any atom is 0.223 e. The highest BCUT2D eigenvalue weighted by molar-refractivity contribution is 5.84. The molecule has 2 amide bonds. The zero-order chi connectivity index (χ0) is 25.3.